The molecule has 0 atom stereocenters. The van der Waals surface area contributed by atoms with Crippen molar-refractivity contribution < 1.29 is 13.2 Å². The van der Waals surface area contributed by atoms with Gasteiger partial charge in [0.05, 0.1) is 4.90 Å². The highest BCUT2D eigenvalue weighted by molar-refractivity contribution is 7.89. The summed E-state index contributed by atoms with van der Waals surface area (Å²) >= 11 is 0. The van der Waals surface area contributed by atoms with E-state index < -0.39 is 10.0 Å². The zero-order chi connectivity index (χ0) is 21.7. The van der Waals surface area contributed by atoms with Crippen LogP contribution in [0.25, 0.3) is 0 Å². The van der Waals surface area contributed by atoms with E-state index in [2.05, 4.69) is 4.90 Å². The highest BCUT2D eigenvalue weighted by atomic mass is 32.2. The van der Waals surface area contributed by atoms with Gasteiger partial charge in [0.15, 0.2) is 0 Å². The Labute approximate surface area is 187 Å². The van der Waals surface area contributed by atoms with Crippen LogP contribution in [0.3, 0.4) is 0 Å². The second-order valence-corrected chi connectivity index (χ2v) is 11.3. The summed E-state index contributed by atoms with van der Waals surface area (Å²) in [6.07, 6.45) is 10.1. The number of hydrogen-bond donors (Lipinski definition) is 0. The van der Waals surface area contributed by atoms with E-state index in [1.54, 1.807) is 16.4 Å². The average molecular weight is 448 g/mol. The maximum absolute atomic E-state index is 12.9. The first-order valence-corrected chi connectivity index (χ1v) is 13.6. The largest absolute Gasteiger partial charge is 0.343 e. The molecule has 1 amide bonds. The van der Waals surface area contributed by atoms with Gasteiger partial charge in [0.25, 0.3) is 0 Å². The van der Waals surface area contributed by atoms with Gasteiger partial charge >= 0.3 is 0 Å². The Kier molecular flexibility index (Phi) is 7.67. The number of benzene rings is 1. The lowest BCUT2D eigenvalue weighted by molar-refractivity contribution is -0.132. The fourth-order valence-corrected chi connectivity index (χ4v) is 6.77. The number of aryl methyl sites for hydroxylation is 1. The molecule has 0 unspecified atom stereocenters. The van der Waals surface area contributed by atoms with E-state index >= 15 is 0 Å². The van der Waals surface area contributed by atoms with Gasteiger partial charge in [-0.15, -0.1) is 0 Å². The number of likely N-dealkylation sites (tertiary alicyclic amines) is 2. The molecule has 0 aromatic heterocycles. The van der Waals surface area contributed by atoms with Crippen molar-refractivity contribution in [2.45, 2.75) is 75.1 Å². The Morgan fingerprint density at radius 2 is 1.39 bits per heavy atom. The molecular weight excluding hydrogens is 410 g/mol. The van der Waals surface area contributed by atoms with Crippen molar-refractivity contribution in [1.82, 2.24) is 14.1 Å². The quantitative estimate of drug-likeness (QED) is 0.672. The van der Waals surface area contributed by atoms with Gasteiger partial charge in [-0.3, -0.25) is 4.79 Å². The Morgan fingerprint density at radius 3 is 2.00 bits per heavy atom. The van der Waals surface area contributed by atoms with Crippen LogP contribution in [-0.2, 0) is 21.2 Å². The Bertz CT molecular complexity index is 818. The molecule has 6 nitrogen and oxygen atoms in total. The van der Waals surface area contributed by atoms with E-state index in [1.165, 1.54) is 25.9 Å². The number of nitrogens with zero attached hydrogens (tertiary/aromatic N) is 3. The van der Waals surface area contributed by atoms with Crippen LogP contribution < -0.4 is 0 Å². The molecule has 31 heavy (non-hydrogen) atoms. The summed E-state index contributed by atoms with van der Waals surface area (Å²) in [7, 11) is -3.41. The summed E-state index contributed by atoms with van der Waals surface area (Å²) in [5.41, 5.74) is 1.02. The van der Waals surface area contributed by atoms with Gasteiger partial charge < -0.3 is 9.80 Å². The van der Waals surface area contributed by atoms with Gasteiger partial charge in [-0.05, 0) is 75.7 Å². The average Bonchev–Trinajstić information content (AvgIpc) is 3.19. The van der Waals surface area contributed by atoms with E-state index in [9.17, 15) is 13.2 Å². The number of amides is 1. The summed E-state index contributed by atoms with van der Waals surface area (Å²) in [4.78, 5) is 17.7. The molecule has 0 bridgehead atoms. The monoisotopic (exact) mass is 447 g/mol. The predicted molar refractivity (Wildman–Crippen MR) is 122 cm³/mol. The Morgan fingerprint density at radius 1 is 0.806 bits per heavy atom. The third-order valence-electron chi connectivity index (χ3n) is 7.23. The van der Waals surface area contributed by atoms with Gasteiger partial charge in [-0.1, -0.05) is 25.0 Å². The van der Waals surface area contributed by atoms with E-state index in [4.69, 9.17) is 0 Å². The number of rotatable bonds is 6. The SMILES string of the molecule is O=C(CCc1ccc(S(=O)(=O)N2CCCCCC2)cc1)N1CCC(N2CCCC2)CC1. The van der Waals surface area contributed by atoms with Crippen molar-refractivity contribution in [2.75, 3.05) is 39.3 Å². The smallest absolute Gasteiger partial charge is 0.243 e. The fraction of sp³-hybridized carbons (Fsp3) is 0.708. The minimum absolute atomic E-state index is 0.223. The third kappa shape index (κ3) is 5.68. The van der Waals surface area contributed by atoms with Crippen LogP contribution in [-0.4, -0.2) is 73.7 Å². The Balaban J connectivity index is 1.26. The minimum atomic E-state index is -3.41. The van der Waals surface area contributed by atoms with Crippen molar-refractivity contribution >= 4 is 15.9 Å². The molecular formula is C24H37N3O3S. The molecule has 1 aromatic carbocycles. The summed E-state index contributed by atoms with van der Waals surface area (Å²) in [5.74, 6) is 0.223. The Hall–Kier alpha value is -1.44. The van der Waals surface area contributed by atoms with Gasteiger partial charge in [-0.25, -0.2) is 8.42 Å². The molecule has 0 saturated carbocycles. The maximum atomic E-state index is 12.9. The van der Waals surface area contributed by atoms with E-state index in [1.807, 2.05) is 17.0 Å². The second kappa shape index (κ2) is 10.5. The standard InChI is InChI=1S/C24H37N3O3S/c28-24(26-19-13-22(14-20-26)25-15-5-6-16-25)12-9-21-7-10-23(11-8-21)31(29,30)27-17-3-1-2-4-18-27/h7-8,10-11,22H,1-6,9,12-20H2. The van der Waals surface area contributed by atoms with Crippen molar-refractivity contribution in [2.24, 2.45) is 0 Å². The zero-order valence-electron chi connectivity index (χ0n) is 18.7. The van der Waals surface area contributed by atoms with E-state index in [0.717, 1.165) is 57.2 Å². The zero-order valence-corrected chi connectivity index (χ0v) is 19.5. The lowest BCUT2D eigenvalue weighted by Crippen LogP contribution is -2.45. The first-order valence-electron chi connectivity index (χ1n) is 12.1. The van der Waals surface area contributed by atoms with Gasteiger partial charge in [-0.2, -0.15) is 4.31 Å². The molecule has 0 N–H and O–H groups in total. The van der Waals surface area contributed by atoms with Crippen LogP contribution in [0, 0.1) is 0 Å². The van der Waals surface area contributed by atoms with Gasteiger partial charge in [0, 0.05) is 38.6 Å². The molecule has 3 heterocycles. The molecule has 0 radical (unpaired) electrons. The number of sulfonamides is 1. The number of piperidine rings is 1. The molecule has 3 fully saturated rings. The van der Waals surface area contributed by atoms with Crippen LogP contribution in [0.15, 0.2) is 29.2 Å². The molecule has 3 aliphatic heterocycles. The molecule has 1 aromatic rings. The maximum Gasteiger partial charge on any atom is 0.243 e. The molecule has 3 aliphatic rings. The molecule has 0 aliphatic carbocycles. The van der Waals surface area contributed by atoms with Gasteiger partial charge in [0.1, 0.15) is 0 Å². The highest BCUT2D eigenvalue weighted by Crippen LogP contribution is 2.23. The second-order valence-electron chi connectivity index (χ2n) is 9.32. The first kappa shape index (κ1) is 22.7. The topological polar surface area (TPSA) is 60.9 Å². The van der Waals surface area contributed by atoms with Crippen LogP contribution in [0.4, 0.5) is 0 Å². The lowest BCUT2D eigenvalue weighted by atomic mass is 10.0. The summed E-state index contributed by atoms with van der Waals surface area (Å²) < 4.78 is 27.4. The summed E-state index contributed by atoms with van der Waals surface area (Å²) in [6.45, 7) is 5.42. The van der Waals surface area contributed by atoms with Crippen molar-refractivity contribution in [3.05, 3.63) is 29.8 Å². The first-order chi connectivity index (χ1) is 15.0. The molecule has 7 heteroatoms. The van der Waals surface area contributed by atoms with Crippen molar-refractivity contribution in [3.63, 3.8) is 0 Å². The molecule has 172 valence electrons. The van der Waals surface area contributed by atoms with Crippen molar-refractivity contribution in [1.29, 1.82) is 0 Å². The number of carbonyl (C=O) groups is 1. The normalized spacial score (nSPS) is 22.5. The number of carbonyl (C=O) groups excluding carboxylic acids is 1. The fourth-order valence-electron chi connectivity index (χ4n) is 5.26. The van der Waals surface area contributed by atoms with Gasteiger partial charge in [0.2, 0.25) is 15.9 Å². The van der Waals surface area contributed by atoms with Crippen molar-refractivity contribution in [3.8, 4) is 0 Å². The molecule has 0 spiro atoms. The minimum Gasteiger partial charge on any atom is -0.343 e. The summed E-state index contributed by atoms with van der Waals surface area (Å²) in [5, 5.41) is 0. The van der Waals surface area contributed by atoms with Crippen LogP contribution in [0.1, 0.15) is 63.4 Å². The lowest BCUT2D eigenvalue weighted by Gasteiger charge is -2.36. The van der Waals surface area contributed by atoms with Crippen LogP contribution in [0.5, 0.6) is 0 Å². The molecule has 4 rings (SSSR count). The third-order valence-corrected chi connectivity index (χ3v) is 9.14. The van der Waals surface area contributed by atoms with Crippen LogP contribution in [0.2, 0.25) is 0 Å². The summed E-state index contributed by atoms with van der Waals surface area (Å²) in [6, 6.07) is 7.82. The molecule has 3 saturated heterocycles. The highest BCUT2D eigenvalue weighted by Gasteiger charge is 2.28. The number of hydrogen-bond acceptors (Lipinski definition) is 4. The van der Waals surface area contributed by atoms with E-state index in [-0.39, 0.29) is 5.91 Å². The van der Waals surface area contributed by atoms with Crippen LogP contribution >= 0.6 is 0 Å². The van der Waals surface area contributed by atoms with E-state index in [0.29, 0.717) is 36.9 Å². The predicted octanol–water partition coefficient (Wildman–Crippen LogP) is 3.27.